The molecule has 0 radical (unpaired) electrons. The minimum Gasteiger partial charge on any atom is -0.294 e. The summed E-state index contributed by atoms with van der Waals surface area (Å²) in [6.07, 6.45) is 0. The molecule has 6 nitrogen and oxygen atoms in total. The number of thiazole rings is 1. The number of nitrogens with zero attached hydrogens (tertiary/aromatic N) is 4. The summed E-state index contributed by atoms with van der Waals surface area (Å²) in [5.74, 6) is 0. The van der Waals surface area contributed by atoms with Crippen molar-refractivity contribution in [2.45, 2.75) is 33.5 Å². The van der Waals surface area contributed by atoms with Crippen LogP contribution in [0.2, 0.25) is 0 Å². The number of benzene rings is 1. The molecule has 3 heterocycles. The van der Waals surface area contributed by atoms with Crippen LogP contribution < -0.4 is 5.56 Å². The fourth-order valence-electron chi connectivity index (χ4n) is 3.16. The van der Waals surface area contributed by atoms with E-state index in [1.807, 2.05) is 43.6 Å². The van der Waals surface area contributed by atoms with Crippen molar-refractivity contribution in [3.05, 3.63) is 85.9 Å². The first-order valence-corrected chi connectivity index (χ1v) is 9.70. The second kappa shape index (κ2) is 7.46. The molecule has 0 amide bonds. The van der Waals surface area contributed by atoms with E-state index >= 15 is 0 Å². The summed E-state index contributed by atoms with van der Waals surface area (Å²) >= 11 is 1.66. The van der Waals surface area contributed by atoms with Crippen LogP contribution in [0.1, 0.15) is 27.5 Å². The minimum atomic E-state index is -0.0864. The highest BCUT2D eigenvalue weighted by Crippen LogP contribution is 2.18. The van der Waals surface area contributed by atoms with Crippen molar-refractivity contribution < 1.29 is 0 Å². The molecule has 0 aliphatic rings. The number of hydrogen-bond donors (Lipinski definition) is 1. The van der Waals surface area contributed by atoms with Crippen LogP contribution in [0, 0.1) is 13.8 Å². The standard InChI is InChI=1S/C20H21N5OS/c1-14-8-19-22-17(9-20(26)25(19)23-14)11-24(10-16-6-4-3-5-7-16)12-18-15(2)21-13-27-18/h3-9,13,23H,10-12H2,1-2H3. The zero-order valence-electron chi connectivity index (χ0n) is 15.3. The summed E-state index contributed by atoms with van der Waals surface area (Å²) in [4.78, 5) is 25.0. The van der Waals surface area contributed by atoms with E-state index in [1.165, 1.54) is 15.0 Å². The first-order chi connectivity index (χ1) is 13.1. The zero-order chi connectivity index (χ0) is 18.8. The molecule has 0 atom stereocenters. The number of aromatic amines is 1. The molecule has 7 heteroatoms. The molecule has 1 N–H and O–H groups in total. The van der Waals surface area contributed by atoms with E-state index < -0.39 is 0 Å². The summed E-state index contributed by atoms with van der Waals surface area (Å²) in [6, 6.07) is 13.8. The van der Waals surface area contributed by atoms with Gasteiger partial charge in [0.25, 0.3) is 5.56 Å². The van der Waals surface area contributed by atoms with Crippen molar-refractivity contribution in [2.24, 2.45) is 0 Å². The van der Waals surface area contributed by atoms with Crippen molar-refractivity contribution in [2.75, 3.05) is 0 Å². The van der Waals surface area contributed by atoms with E-state index in [1.54, 1.807) is 17.4 Å². The minimum absolute atomic E-state index is 0.0864. The third kappa shape index (κ3) is 3.99. The van der Waals surface area contributed by atoms with Crippen LogP contribution in [-0.4, -0.2) is 24.5 Å². The van der Waals surface area contributed by atoms with Gasteiger partial charge in [-0.3, -0.25) is 14.8 Å². The Morgan fingerprint density at radius 3 is 2.67 bits per heavy atom. The molecule has 3 aromatic heterocycles. The van der Waals surface area contributed by atoms with E-state index in [4.69, 9.17) is 0 Å². The van der Waals surface area contributed by atoms with Crippen molar-refractivity contribution in [3.8, 4) is 0 Å². The van der Waals surface area contributed by atoms with E-state index in [2.05, 4.69) is 32.1 Å². The molecular weight excluding hydrogens is 358 g/mol. The highest BCUT2D eigenvalue weighted by molar-refractivity contribution is 7.09. The van der Waals surface area contributed by atoms with Gasteiger partial charge >= 0.3 is 0 Å². The van der Waals surface area contributed by atoms with Gasteiger partial charge in [0.2, 0.25) is 0 Å². The van der Waals surface area contributed by atoms with E-state index in [0.717, 1.165) is 30.2 Å². The van der Waals surface area contributed by atoms with Gasteiger partial charge in [-0.05, 0) is 19.4 Å². The molecule has 138 valence electrons. The monoisotopic (exact) mass is 379 g/mol. The predicted molar refractivity (Wildman–Crippen MR) is 107 cm³/mol. The van der Waals surface area contributed by atoms with Crippen LogP contribution in [0.5, 0.6) is 0 Å². The molecule has 0 unspecified atom stereocenters. The van der Waals surface area contributed by atoms with Crippen molar-refractivity contribution >= 4 is 17.0 Å². The Morgan fingerprint density at radius 1 is 1.11 bits per heavy atom. The van der Waals surface area contributed by atoms with Gasteiger partial charge in [0, 0.05) is 42.3 Å². The predicted octanol–water partition coefficient (Wildman–Crippen LogP) is 3.30. The Balaban J connectivity index is 1.63. The zero-order valence-corrected chi connectivity index (χ0v) is 16.2. The summed E-state index contributed by atoms with van der Waals surface area (Å²) in [5.41, 5.74) is 6.43. The third-order valence-electron chi connectivity index (χ3n) is 4.48. The summed E-state index contributed by atoms with van der Waals surface area (Å²) < 4.78 is 1.48. The first-order valence-electron chi connectivity index (χ1n) is 8.82. The third-order valence-corrected chi connectivity index (χ3v) is 5.40. The summed E-state index contributed by atoms with van der Waals surface area (Å²) in [5, 5.41) is 3.01. The molecule has 0 aliphatic carbocycles. The molecule has 4 rings (SSSR count). The van der Waals surface area contributed by atoms with Gasteiger partial charge in [-0.25, -0.2) is 14.5 Å². The van der Waals surface area contributed by atoms with Gasteiger partial charge in [0.05, 0.1) is 16.9 Å². The molecule has 0 fully saturated rings. The highest BCUT2D eigenvalue weighted by Gasteiger charge is 2.14. The van der Waals surface area contributed by atoms with Crippen LogP contribution in [0.3, 0.4) is 0 Å². The molecule has 0 aliphatic heterocycles. The lowest BCUT2D eigenvalue weighted by molar-refractivity contribution is 0.246. The van der Waals surface area contributed by atoms with Crippen molar-refractivity contribution in [1.82, 2.24) is 24.5 Å². The molecular formula is C20H21N5OS. The lowest BCUT2D eigenvalue weighted by atomic mass is 10.2. The van der Waals surface area contributed by atoms with Gasteiger partial charge in [-0.2, -0.15) is 0 Å². The van der Waals surface area contributed by atoms with E-state index in [-0.39, 0.29) is 5.56 Å². The Morgan fingerprint density at radius 2 is 1.93 bits per heavy atom. The number of H-pyrrole nitrogens is 1. The largest absolute Gasteiger partial charge is 0.294 e. The molecule has 4 aromatic rings. The van der Waals surface area contributed by atoms with E-state index in [9.17, 15) is 4.79 Å². The Labute approximate surface area is 161 Å². The number of hydrogen-bond acceptors (Lipinski definition) is 5. The number of rotatable bonds is 6. The number of nitrogens with one attached hydrogen (secondary N) is 1. The quantitative estimate of drug-likeness (QED) is 0.558. The van der Waals surface area contributed by atoms with Crippen LogP contribution >= 0.6 is 11.3 Å². The van der Waals surface area contributed by atoms with E-state index in [0.29, 0.717) is 12.2 Å². The van der Waals surface area contributed by atoms with Gasteiger partial charge in [-0.1, -0.05) is 30.3 Å². The van der Waals surface area contributed by atoms with Gasteiger partial charge < -0.3 is 0 Å². The van der Waals surface area contributed by atoms with Gasteiger partial charge in [-0.15, -0.1) is 11.3 Å². The molecule has 0 saturated carbocycles. The van der Waals surface area contributed by atoms with Crippen molar-refractivity contribution in [3.63, 3.8) is 0 Å². The second-order valence-electron chi connectivity index (χ2n) is 6.71. The molecule has 0 bridgehead atoms. The molecule has 27 heavy (non-hydrogen) atoms. The maximum atomic E-state index is 12.4. The maximum Gasteiger partial charge on any atom is 0.272 e. The average molecular weight is 379 g/mol. The molecule has 0 spiro atoms. The van der Waals surface area contributed by atoms with Crippen LogP contribution in [0.4, 0.5) is 0 Å². The normalized spacial score (nSPS) is 11.5. The topological polar surface area (TPSA) is 66.3 Å². The van der Waals surface area contributed by atoms with Crippen molar-refractivity contribution in [1.29, 1.82) is 0 Å². The highest BCUT2D eigenvalue weighted by atomic mass is 32.1. The lowest BCUT2D eigenvalue weighted by Crippen LogP contribution is -2.25. The Hall–Kier alpha value is -2.77. The van der Waals surface area contributed by atoms with Crippen LogP contribution in [-0.2, 0) is 19.6 Å². The maximum absolute atomic E-state index is 12.4. The molecule has 1 aromatic carbocycles. The smallest absolute Gasteiger partial charge is 0.272 e. The van der Waals surface area contributed by atoms with Gasteiger partial charge in [0.1, 0.15) is 0 Å². The number of aryl methyl sites for hydroxylation is 2. The first kappa shape index (κ1) is 17.6. The molecule has 0 saturated heterocycles. The SMILES string of the molecule is Cc1cc2nc(CN(Cc3ccccc3)Cc3scnc3C)cc(=O)n2[nH]1. The average Bonchev–Trinajstić information content (AvgIpc) is 3.21. The fraction of sp³-hybridized carbons (Fsp3) is 0.250. The lowest BCUT2D eigenvalue weighted by Gasteiger charge is -2.21. The summed E-state index contributed by atoms with van der Waals surface area (Å²) in [6.45, 7) is 6.11. The number of aromatic nitrogens is 4. The second-order valence-corrected chi connectivity index (χ2v) is 7.65. The van der Waals surface area contributed by atoms with Gasteiger partial charge in [0.15, 0.2) is 5.65 Å². The number of fused-ring (bicyclic) bond motifs is 1. The van der Waals surface area contributed by atoms with Crippen LogP contribution in [0.25, 0.3) is 5.65 Å². The summed E-state index contributed by atoms with van der Waals surface area (Å²) in [7, 11) is 0. The Bertz CT molecular complexity index is 1110. The fourth-order valence-corrected chi connectivity index (χ4v) is 3.98. The van der Waals surface area contributed by atoms with Crippen LogP contribution in [0.15, 0.2) is 52.8 Å². The Kier molecular flexibility index (Phi) is 4.87.